The predicted octanol–water partition coefficient (Wildman–Crippen LogP) is 6.81. The van der Waals surface area contributed by atoms with Gasteiger partial charge in [-0.3, -0.25) is 14.7 Å². The highest BCUT2D eigenvalue weighted by molar-refractivity contribution is 6.36. The number of nitrogens with zero attached hydrogens (tertiary/aromatic N) is 8. The molecular formula is C37H37ClF2N8O3. The van der Waals surface area contributed by atoms with Gasteiger partial charge in [-0.1, -0.05) is 60.9 Å². The number of ether oxygens (including phenoxy) is 1. The summed E-state index contributed by atoms with van der Waals surface area (Å²) in [5.41, 5.74) is 0.674. The number of amides is 1. The van der Waals surface area contributed by atoms with Gasteiger partial charge < -0.3 is 19.1 Å². The van der Waals surface area contributed by atoms with E-state index in [1.807, 2.05) is 43.0 Å². The highest BCUT2D eigenvalue weighted by Crippen LogP contribution is 2.40. The molecule has 3 aromatic heterocycles. The Morgan fingerprint density at radius 1 is 1.04 bits per heavy atom. The molecule has 264 valence electrons. The maximum Gasteiger partial charge on any atom is 0.319 e. The number of piperazine rings is 1. The maximum absolute atomic E-state index is 16.8. The Kier molecular flexibility index (Phi) is 8.79. The first-order valence-electron chi connectivity index (χ1n) is 17.4. The first-order valence-corrected chi connectivity index (χ1v) is 17.8. The van der Waals surface area contributed by atoms with Crippen molar-refractivity contribution in [3.63, 3.8) is 0 Å². The monoisotopic (exact) mass is 714 g/mol. The van der Waals surface area contributed by atoms with E-state index in [2.05, 4.69) is 25.0 Å². The number of hydrogen-bond acceptors (Lipinski definition) is 10. The van der Waals surface area contributed by atoms with Crippen molar-refractivity contribution in [1.82, 2.24) is 34.9 Å². The largest absolute Gasteiger partial charge is 0.461 e. The highest BCUT2D eigenvalue weighted by Gasteiger charge is 2.45. The molecule has 8 rings (SSSR count). The van der Waals surface area contributed by atoms with Crippen LogP contribution >= 0.6 is 11.6 Å². The molecule has 2 aromatic carbocycles. The Labute approximate surface area is 298 Å². The quantitative estimate of drug-likeness (QED) is 0.159. The van der Waals surface area contributed by atoms with Crippen LogP contribution < -0.4 is 9.64 Å². The molecule has 6 heterocycles. The van der Waals surface area contributed by atoms with Crippen molar-refractivity contribution >= 4 is 51.1 Å². The molecule has 0 saturated carbocycles. The van der Waals surface area contributed by atoms with E-state index in [4.69, 9.17) is 25.8 Å². The van der Waals surface area contributed by atoms with E-state index in [0.29, 0.717) is 52.7 Å². The molecule has 1 amide bonds. The van der Waals surface area contributed by atoms with E-state index in [0.717, 1.165) is 50.2 Å². The van der Waals surface area contributed by atoms with Crippen molar-refractivity contribution in [2.24, 2.45) is 0 Å². The number of rotatable bonds is 8. The molecule has 3 fully saturated rings. The number of anilines is 1. The summed E-state index contributed by atoms with van der Waals surface area (Å²) in [6, 6.07) is 11.2. The van der Waals surface area contributed by atoms with Crippen molar-refractivity contribution in [1.29, 1.82) is 0 Å². The molecule has 0 atom stereocenters. The van der Waals surface area contributed by atoms with Crippen LogP contribution in [0.1, 0.15) is 57.2 Å². The Bertz CT molecular complexity index is 2150. The topological polar surface area (TPSA) is 114 Å². The minimum absolute atomic E-state index is 0.00156. The number of fused-ring (bicyclic) bond motifs is 3. The van der Waals surface area contributed by atoms with Crippen molar-refractivity contribution in [3.05, 3.63) is 71.0 Å². The molecule has 51 heavy (non-hydrogen) atoms. The van der Waals surface area contributed by atoms with Crippen LogP contribution in [0.4, 0.5) is 14.6 Å². The van der Waals surface area contributed by atoms with E-state index >= 15 is 8.78 Å². The summed E-state index contributed by atoms with van der Waals surface area (Å²) in [5, 5.41) is 6.27. The van der Waals surface area contributed by atoms with Gasteiger partial charge in [-0.15, -0.1) is 0 Å². The summed E-state index contributed by atoms with van der Waals surface area (Å²) in [7, 11) is 0. The third-order valence-electron chi connectivity index (χ3n) is 10.3. The van der Waals surface area contributed by atoms with Crippen LogP contribution in [0.3, 0.4) is 0 Å². The van der Waals surface area contributed by atoms with Gasteiger partial charge in [-0.25, -0.2) is 8.78 Å². The minimum Gasteiger partial charge on any atom is -0.461 e. The maximum atomic E-state index is 16.8. The van der Waals surface area contributed by atoms with Gasteiger partial charge in [-0.05, 0) is 50.2 Å². The molecule has 0 bridgehead atoms. The lowest BCUT2D eigenvalue weighted by atomic mass is 9.95. The van der Waals surface area contributed by atoms with Crippen molar-refractivity contribution in [2.75, 3.05) is 50.8 Å². The molecule has 0 unspecified atom stereocenters. The predicted molar refractivity (Wildman–Crippen MR) is 190 cm³/mol. The van der Waals surface area contributed by atoms with Gasteiger partial charge in [0.25, 0.3) is 11.8 Å². The van der Waals surface area contributed by atoms with Gasteiger partial charge in [0.15, 0.2) is 17.5 Å². The Morgan fingerprint density at radius 3 is 2.51 bits per heavy atom. The van der Waals surface area contributed by atoms with Gasteiger partial charge in [-0.2, -0.15) is 15.0 Å². The summed E-state index contributed by atoms with van der Waals surface area (Å²) in [5.74, 6) is -1.59. The molecule has 0 radical (unpaired) electrons. The van der Waals surface area contributed by atoms with Crippen molar-refractivity contribution in [2.45, 2.75) is 51.0 Å². The van der Waals surface area contributed by atoms with Crippen LogP contribution in [0.2, 0.25) is 5.02 Å². The average molecular weight is 715 g/mol. The van der Waals surface area contributed by atoms with Gasteiger partial charge >= 0.3 is 6.01 Å². The van der Waals surface area contributed by atoms with Gasteiger partial charge in [0, 0.05) is 60.3 Å². The fourth-order valence-electron chi connectivity index (χ4n) is 7.65. The zero-order valence-electron chi connectivity index (χ0n) is 28.4. The third kappa shape index (κ3) is 6.16. The number of carbonyl (C=O) groups is 1. The zero-order chi connectivity index (χ0) is 35.3. The smallest absolute Gasteiger partial charge is 0.319 e. The second-order valence-corrected chi connectivity index (χ2v) is 14.2. The summed E-state index contributed by atoms with van der Waals surface area (Å²) in [4.78, 5) is 37.0. The molecule has 5 aromatic rings. The molecule has 0 spiro atoms. The number of pyridine rings is 1. The van der Waals surface area contributed by atoms with Crippen LogP contribution in [0, 0.1) is 5.82 Å². The first kappa shape index (κ1) is 33.4. The number of carbonyl (C=O) groups excluding carboxylic acids is 1. The van der Waals surface area contributed by atoms with E-state index < -0.39 is 17.6 Å². The lowest BCUT2D eigenvalue weighted by Gasteiger charge is -2.35. The van der Waals surface area contributed by atoms with Crippen LogP contribution in [0.25, 0.3) is 39.0 Å². The Hall–Kier alpha value is -4.75. The Morgan fingerprint density at radius 2 is 1.78 bits per heavy atom. The molecule has 14 heteroatoms. The summed E-state index contributed by atoms with van der Waals surface area (Å²) in [6.45, 7) is 7.27. The summed E-state index contributed by atoms with van der Waals surface area (Å²) in [6.07, 6.45) is 6.81. The van der Waals surface area contributed by atoms with Crippen molar-refractivity contribution < 1.29 is 22.8 Å². The van der Waals surface area contributed by atoms with Crippen LogP contribution in [-0.2, 0) is 4.79 Å². The zero-order valence-corrected chi connectivity index (χ0v) is 29.2. The number of halogens is 3. The average Bonchev–Trinajstić information content (AvgIpc) is 3.87. The van der Waals surface area contributed by atoms with E-state index in [9.17, 15) is 4.79 Å². The van der Waals surface area contributed by atoms with Crippen LogP contribution in [0.15, 0.2) is 52.9 Å². The summed E-state index contributed by atoms with van der Waals surface area (Å²) < 4.78 is 43.2. The standard InChI is InChI=1S/C37H37ClF2N8O3/c1-22(2)33-42-28(51-45-33)19-27(39)35(49)47-17-15-46(16-18-47)34-25-20-41-31(24-9-3-7-23-8-4-10-26(38)29(23)24)30(40)32(25)43-36(44-34)50-21-37-11-5-13-48(37)14-6-12-37/h3-4,7-10,19-20,22H,5-6,11-18,21H2,1-2H3/b27-19-. The normalized spacial score (nSPS) is 18.0. The fourth-order valence-corrected chi connectivity index (χ4v) is 7.93. The van der Waals surface area contributed by atoms with E-state index in [-0.39, 0.29) is 47.7 Å². The molecule has 11 nitrogen and oxygen atoms in total. The second kappa shape index (κ2) is 13.4. The molecular weight excluding hydrogens is 678 g/mol. The summed E-state index contributed by atoms with van der Waals surface area (Å²) >= 11 is 6.62. The number of benzene rings is 2. The van der Waals surface area contributed by atoms with Crippen molar-refractivity contribution in [3.8, 4) is 17.3 Å². The van der Waals surface area contributed by atoms with Gasteiger partial charge in [0.2, 0.25) is 0 Å². The van der Waals surface area contributed by atoms with Gasteiger partial charge in [0.1, 0.15) is 23.6 Å². The molecule has 0 aliphatic carbocycles. The molecule has 0 N–H and O–H groups in total. The number of aromatic nitrogens is 5. The highest BCUT2D eigenvalue weighted by atomic mass is 35.5. The molecule has 3 aliphatic rings. The fraction of sp³-hybridized carbons (Fsp3) is 0.405. The van der Waals surface area contributed by atoms with E-state index in [1.54, 1.807) is 18.3 Å². The van der Waals surface area contributed by atoms with E-state index in [1.165, 1.54) is 4.90 Å². The third-order valence-corrected chi connectivity index (χ3v) is 10.6. The van der Waals surface area contributed by atoms with Crippen LogP contribution in [0.5, 0.6) is 6.01 Å². The SMILES string of the molecule is CC(C)c1noc(/C=C(\F)C(=O)N2CCN(c3nc(OCC45CCCN4CCC5)nc4c(F)c(-c5cccc6cccc(Cl)c56)ncc34)CC2)n1. The van der Waals surface area contributed by atoms with Gasteiger partial charge in [0.05, 0.1) is 10.9 Å². The Balaban J connectivity index is 1.11. The lowest BCUT2D eigenvalue weighted by Crippen LogP contribution is -2.49. The van der Waals surface area contributed by atoms with Crippen LogP contribution in [-0.4, -0.2) is 92.2 Å². The number of hydrogen-bond donors (Lipinski definition) is 0. The first-order chi connectivity index (χ1) is 24.7. The molecule has 3 saturated heterocycles. The lowest BCUT2D eigenvalue weighted by molar-refractivity contribution is -0.128. The minimum atomic E-state index is -0.995. The molecule has 3 aliphatic heterocycles. The second-order valence-electron chi connectivity index (χ2n) is 13.8.